The van der Waals surface area contributed by atoms with Crippen LogP contribution in [-0.4, -0.2) is 127 Å². The van der Waals surface area contributed by atoms with Gasteiger partial charge in [-0.1, -0.05) is 0 Å². The van der Waals surface area contributed by atoms with Gasteiger partial charge >= 0.3 is 23.9 Å². The smallest absolute Gasteiger partial charge is 0.414 e. The average Bonchev–Trinajstić information content (AvgIpc) is 3.29. The van der Waals surface area contributed by atoms with Gasteiger partial charge < -0.3 is 44.4 Å². The first-order chi connectivity index (χ1) is 17.8. The largest absolute Gasteiger partial charge is 0.493 e. The summed E-state index contributed by atoms with van der Waals surface area (Å²) in [5.41, 5.74) is 0.631. The molecule has 1 aromatic rings. The molecule has 1 atom stereocenters. The van der Waals surface area contributed by atoms with E-state index in [2.05, 4.69) is 23.9 Å². The summed E-state index contributed by atoms with van der Waals surface area (Å²) in [7, 11) is 5.71. The maximum Gasteiger partial charge on any atom is 0.414 e. The molecule has 1 saturated heterocycles. The van der Waals surface area contributed by atoms with Crippen molar-refractivity contribution in [3.63, 3.8) is 0 Å². The van der Waals surface area contributed by atoms with Crippen molar-refractivity contribution in [2.45, 2.75) is 25.9 Å². The Hall–Kier alpha value is -3.75. The highest BCUT2D eigenvalue weighted by atomic mass is 16.5. The van der Waals surface area contributed by atoms with Crippen LogP contribution in [-0.2, 0) is 23.9 Å². The van der Waals surface area contributed by atoms with Crippen molar-refractivity contribution < 1.29 is 58.6 Å². The highest BCUT2D eigenvalue weighted by Gasteiger charge is 2.22. The molecule has 1 fully saturated rings. The van der Waals surface area contributed by atoms with E-state index in [-0.39, 0.29) is 5.78 Å². The van der Waals surface area contributed by atoms with Crippen molar-refractivity contribution in [2.24, 2.45) is 0 Å². The summed E-state index contributed by atoms with van der Waals surface area (Å²) in [5, 5.41) is 29.6. The van der Waals surface area contributed by atoms with Gasteiger partial charge in [-0.2, -0.15) is 0 Å². The summed E-state index contributed by atoms with van der Waals surface area (Å²) in [6.45, 7) is 7.02. The van der Waals surface area contributed by atoms with E-state index >= 15 is 0 Å². The van der Waals surface area contributed by atoms with Gasteiger partial charge in [-0.25, -0.2) is 19.2 Å². The number of ether oxygens (including phenoxy) is 3. The molecule has 1 aromatic carbocycles. The van der Waals surface area contributed by atoms with Gasteiger partial charge in [0.05, 0.1) is 26.4 Å². The lowest BCUT2D eigenvalue weighted by Gasteiger charge is -2.17. The topological polar surface area (TPSA) is 200 Å². The fraction of sp³-hybridized carbons (Fsp3) is 0.542. The van der Waals surface area contributed by atoms with Crippen molar-refractivity contribution in [3.8, 4) is 11.5 Å². The number of carbonyl (C=O) groups is 5. The Bertz CT molecular complexity index is 887. The van der Waals surface area contributed by atoms with Crippen LogP contribution in [0.1, 0.15) is 30.1 Å². The summed E-state index contributed by atoms with van der Waals surface area (Å²) in [6, 6.07) is 5.31. The number of nitrogens with zero attached hydrogens (tertiary/aromatic N) is 2. The molecule has 2 rings (SSSR count). The average molecular weight is 545 g/mol. The molecule has 1 aliphatic rings. The van der Waals surface area contributed by atoms with Crippen molar-refractivity contribution in [2.75, 3.05) is 60.6 Å². The van der Waals surface area contributed by atoms with Gasteiger partial charge in [0.15, 0.2) is 17.3 Å². The molecule has 0 radical (unpaired) electrons. The fourth-order valence-electron chi connectivity index (χ4n) is 3.01. The number of likely N-dealkylation sites (tertiary alicyclic amines) is 1. The van der Waals surface area contributed by atoms with Crippen LogP contribution in [0, 0.1) is 0 Å². The first kappa shape index (κ1) is 34.2. The lowest BCUT2D eigenvalue weighted by atomic mass is 10.1. The van der Waals surface area contributed by atoms with Gasteiger partial charge in [0.1, 0.15) is 0 Å². The van der Waals surface area contributed by atoms with Gasteiger partial charge in [0, 0.05) is 31.7 Å². The van der Waals surface area contributed by atoms with E-state index < -0.39 is 23.9 Å². The number of likely N-dealkylation sites (N-methyl/N-ethyl adjacent to an activating group) is 1. The zero-order valence-electron chi connectivity index (χ0n) is 21.9. The minimum atomic E-state index is -1.82. The number of carbonyl (C=O) groups excluding carboxylic acids is 1. The van der Waals surface area contributed by atoms with Crippen LogP contribution in [0.25, 0.3) is 0 Å². The number of methoxy groups -OCH3 is 1. The minimum absolute atomic E-state index is 0.0197. The molecule has 38 heavy (non-hydrogen) atoms. The SMILES string of the molecule is COc1cc(C(C)=O)ccc1OCCCN1CCC(OCCN(C)C)C1.O=C(O)C(=O)O.O=C(O)C(=O)O. The van der Waals surface area contributed by atoms with Crippen LogP contribution in [0.5, 0.6) is 11.5 Å². The monoisotopic (exact) mass is 544 g/mol. The molecule has 1 aliphatic heterocycles. The Morgan fingerprint density at radius 3 is 2.00 bits per heavy atom. The molecule has 214 valence electrons. The molecule has 0 aliphatic carbocycles. The van der Waals surface area contributed by atoms with Crippen molar-refractivity contribution in [1.29, 1.82) is 0 Å². The third kappa shape index (κ3) is 15.4. The normalized spacial score (nSPS) is 14.4. The van der Waals surface area contributed by atoms with Crippen molar-refractivity contribution in [3.05, 3.63) is 23.8 Å². The van der Waals surface area contributed by atoms with Crippen LogP contribution in [0.15, 0.2) is 18.2 Å². The van der Waals surface area contributed by atoms with Gasteiger partial charge in [0.25, 0.3) is 0 Å². The second-order valence-corrected chi connectivity index (χ2v) is 8.23. The maximum absolute atomic E-state index is 11.4. The molecule has 14 heteroatoms. The van der Waals surface area contributed by atoms with Crippen LogP contribution in [0.4, 0.5) is 0 Å². The van der Waals surface area contributed by atoms with Gasteiger partial charge in [-0.15, -0.1) is 0 Å². The predicted octanol–water partition coefficient (Wildman–Crippen LogP) is 0.630. The molecule has 0 aromatic heterocycles. The van der Waals surface area contributed by atoms with Crippen LogP contribution in [0.3, 0.4) is 0 Å². The van der Waals surface area contributed by atoms with Crippen molar-refractivity contribution >= 4 is 29.7 Å². The van der Waals surface area contributed by atoms with Gasteiger partial charge in [-0.05, 0) is 52.1 Å². The summed E-state index contributed by atoms with van der Waals surface area (Å²) in [5.74, 6) is -5.99. The molecule has 14 nitrogen and oxygen atoms in total. The van der Waals surface area contributed by atoms with E-state index in [0.717, 1.165) is 45.6 Å². The van der Waals surface area contributed by atoms with Crippen molar-refractivity contribution in [1.82, 2.24) is 9.80 Å². The molecule has 1 unspecified atom stereocenters. The maximum atomic E-state index is 11.4. The van der Waals surface area contributed by atoms with Crippen LogP contribution >= 0.6 is 0 Å². The van der Waals surface area contributed by atoms with Crippen LogP contribution < -0.4 is 9.47 Å². The number of Topliss-reactive ketones (excluding diaryl/α,β-unsaturated/α-hetero) is 1. The number of hydrogen-bond acceptors (Lipinski definition) is 10. The van der Waals surface area contributed by atoms with E-state index in [0.29, 0.717) is 29.8 Å². The zero-order chi connectivity index (χ0) is 29.3. The zero-order valence-corrected chi connectivity index (χ0v) is 21.9. The summed E-state index contributed by atoms with van der Waals surface area (Å²) >= 11 is 0. The third-order valence-electron chi connectivity index (χ3n) is 4.93. The quantitative estimate of drug-likeness (QED) is 0.172. The number of hydrogen-bond donors (Lipinski definition) is 4. The van der Waals surface area contributed by atoms with E-state index in [9.17, 15) is 4.79 Å². The van der Waals surface area contributed by atoms with E-state index in [1.807, 2.05) is 0 Å². The van der Waals surface area contributed by atoms with Crippen LogP contribution in [0.2, 0.25) is 0 Å². The first-order valence-corrected chi connectivity index (χ1v) is 11.5. The molecule has 0 spiro atoms. The Morgan fingerprint density at radius 1 is 0.947 bits per heavy atom. The van der Waals surface area contributed by atoms with E-state index in [1.54, 1.807) is 32.2 Å². The Morgan fingerprint density at radius 2 is 1.53 bits per heavy atom. The van der Waals surface area contributed by atoms with E-state index in [4.69, 9.17) is 53.8 Å². The lowest BCUT2D eigenvalue weighted by molar-refractivity contribution is -0.159. The number of carboxylic acid groups (broad SMARTS) is 4. The summed E-state index contributed by atoms with van der Waals surface area (Å²) < 4.78 is 17.1. The molecule has 0 bridgehead atoms. The fourth-order valence-corrected chi connectivity index (χ4v) is 3.01. The van der Waals surface area contributed by atoms with Gasteiger partial charge in [-0.3, -0.25) is 4.79 Å². The predicted molar refractivity (Wildman–Crippen MR) is 133 cm³/mol. The number of rotatable bonds is 11. The molecular formula is C24H36N2O12. The molecule has 1 heterocycles. The lowest BCUT2D eigenvalue weighted by Crippen LogP contribution is -2.27. The highest BCUT2D eigenvalue weighted by Crippen LogP contribution is 2.28. The van der Waals surface area contributed by atoms with Gasteiger partial charge in [0.2, 0.25) is 0 Å². The number of ketones is 1. The second kappa shape index (κ2) is 18.5. The number of benzene rings is 1. The summed E-state index contributed by atoms with van der Waals surface area (Å²) in [4.78, 5) is 52.4. The minimum Gasteiger partial charge on any atom is -0.493 e. The molecule has 4 N–H and O–H groups in total. The summed E-state index contributed by atoms with van der Waals surface area (Å²) in [6.07, 6.45) is 2.41. The molecule has 0 saturated carbocycles. The second-order valence-electron chi connectivity index (χ2n) is 8.23. The Balaban J connectivity index is 0.000000948. The third-order valence-corrected chi connectivity index (χ3v) is 4.93. The first-order valence-electron chi connectivity index (χ1n) is 11.5. The Kier molecular flexibility index (Phi) is 16.7. The highest BCUT2D eigenvalue weighted by molar-refractivity contribution is 6.27. The molecule has 0 amide bonds. The number of carboxylic acids is 4. The molecular weight excluding hydrogens is 508 g/mol. The van der Waals surface area contributed by atoms with E-state index in [1.165, 1.54) is 0 Å². The standard InChI is InChI=1S/C20H32N2O4.2C2H2O4/c1-16(23)17-6-7-19(20(14-17)24-4)26-12-5-9-22-10-8-18(15-22)25-13-11-21(2)3;2*3-1(4)2(5)6/h6-7,14,18H,5,8-13,15H2,1-4H3;2*(H,3,4)(H,5,6). The number of aliphatic carboxylic acids is 4. The Labute approximate surface area is 220 Å².